The van der Waals surface area contributed by atoms with Gasteiger partial charge in [0.1, 0.15) is 0 Å². The molecule has 0 aromatic heterocycles. The average Bonchev–Trinajstić information content (AvgIpc) is 3.17. The van der Waals surface area contributed by atoms with Crippen molar-refractivity contribution < 1.29 is 0 Å². The predicted octanol–water partition coefficient (Wildman–Crippen LogP) is 4.71. The molecular formula is C16H22. The molecule has 0 heteroatoms. The molecule has 1 atom stereocenters. The Kier molecular flexibility index (Phi) is 3.48. The highest BCUT2D eigenvalue weighted by atomic mass is 14.5. The summed E-state index contributed by atoms with van der Waals surface area (Å²) >= 11 is 0. The summed E-state index contributed by atoms with van der Waals surface area (Å²) in [4.78, 5) is 0. The van der Waals surface area contributed by atoms with Gasteiger partial charge in [-0.05, 0) is 49.0 Å². The van der Waals surface area contributed by atoms with Crippen LogP contribution in [0, 0.1) is 5.92 Å². The zero-order chi connectivity index (χ0) is 11.4. The van der Waals surface area contributed by atoms with E-state index in [1.165, 1.54) is 25.7 Å². The van der Waals surface area contributed by atoms with Gasteiger partial charge in [0.15, 0.2) is 0 Å². The Hall–Kier alpha value is -1.04. The minimum Gasteiger partial charge on any atom is -0.103 e. The van der Waals surface area contributed by atoms with Crippen LogP contribution in [0.2, 0.25) is 0 Å². The Morgan fingerprint density at radius 1 is 1.31 bits per heavy atom. The van der Waals surface area contributed by atoms with Crippen molar-refractivity contribution in [3.05, 3.63) is 48.6 Å². The standard InChI is InChI=1S/C16H22/c1-3-5-13-16(4-2,15-11-12-15)14-9-7-6-8-10-14/h3,6-10,15H,1,4-5,11-13H2,2H3. The first-order chi connectivity index (χ1) is 7.83. The van der Waals surface area contributed by atoms with E-state index in [0.717, 1.165) is 12.3 Å². The summed E-state index contributed by atoms with van der Waals surface area (Å²) in [7, 11) is 0. The fourth-order valence-corrected chi connectivity index (χ4v) is 3.02. The Labute approximate surface area is 99.4 Å². The monoisotopic (exact) mass is 214 g/mol. The third-order valence-electron chi connectivity index (χ3n) is 4.13. The van der Waals surface area contributed by atoms with Crippen molar-refractivity contribution in [1.82, 2.24) is 0 Å². The predicted molar refractivity (Wildman–Crippen MR) is 70.6 cm³/mol. The van der Waals surface area contributed by atoms with Crippen LogP contribution in [0.25, 0.3) is 0 Å². The van der Waals surface area contributed by atoms with E-state index in [2.05, 4.69) is 49.9 Å². The van der Waals surface area contributed by atoms with E-state index in [9.17, 15) is 0 Å². The zero-order valence-corrected chi connectivity index (χ0v) is 10.3. The molecule has 0 nitrogen and oxygen atoms in total. The average molecular weight is 214 g/mol. The smallest absolute Gasteiger partial charge is 0.00184 e. The highest BCUT2D eigenvalue weighted by Crippen LogP contribution is 2.52. The van der Waals surface area contributed by atoms with Gasteiger partial charge in [0.2, 0.25) is 0 Å². The number of hydrogen-bond donors (Lipinski definition) is 0. The third-order valence-corrected chi connectivity index (χ3v) is 4.13. The lowest BCUT2D eigenvalue weighted by atomic mass is 9.70. The van der Waals surface area contributed by atoms with Crippen LogP contribution < -0.4 is 0 Å². The van der Waals surface area contributed by atoms with Gasteiger partial charge in [-0.15, -0.1) is 6.58 Å². The van der Waals surface area contributed by atoms with E-state index in [0.29, 0.717) is 5.41 Å². The number of benzene rings is 1. The maximum absolute atomic E-state index is 3.87. The fourth-order valence-electron chi connectivity index (χ4n) is 3.02. The topological polar surface area (TPSA) is 0 Å². The van der Waals surface area contributed by atoms with Crippen molar-refractivity contribution in [2.75, 3.05) is 0 Å². The van der Waals surface area contributed by atoms with Gasteiger partial charge in [-0.3, -0.25) is 0 Å². The summed E-state index contributed by atoms with van der Waals surface area (Å²) in [5, 5.41) is 0. The van der Waals surface area contributed by atoms with E-state index in [1.807, 2.05) is 0 Å². The van der Waals surface area contributed by atoms with Crippen molar-refractivity contribution in [1.29, 1.82) is 0 Å². The van der Waals surface area contributed by atoms with Crippen LogP contribution in [-0.2, 0) is 5.41 Å². The molecule has 1 aromatic rings. The van der Waals surface area contributed by atoms with Gasteiger partial charge in [0.05, 0.1) is 0 Å². The van der Waals surface area contributed by atoms with Gasteiger partial charge in [-0.25, -0.2) is 0 Å². The minimum absolute atomic E-state index is 0.426. The van der Waals surface area contributed by atoms with Gasteiger partial charge in [-0.1, -0.05) is 43.3 Å². The molecule has 1 unspecified atom stereocenters. The lowest BCUT2D eigenvalue weighted by molar-refractivity contribution is 0.331. The molecule has 0 bridgehead atoms. The maximum Gasteiger partial charge on any atom is -0.00184 e. The van der Waals surface area contributed by atoms with Crippen LogP contribution >= 0.6 is 0 Å². The molecule has 0 saturated heterocycles. The second-order valence-corrected chi connectivity index (χ2v) is 4.98. The zero-order valence-electron chi connectivity index (χ0n) is 10.3. The van der Waals surface area contributed by atoms with E-state index in [-0.39, 0.29) is 0 Å². The number of hydrogen-bond acceptors (Lipinski definition) is 0. The summed E-state index contributed by atoms with van der Waals surface area (Å²) in [6.07, 6.45) is 8.56. The molecule has 0 N–H and O–H groups in total. The lowest BCUT2D eigenvalue weighted by Gasteiger charge is -2.33. The van der Waals surface area contributed by atoms with Crippen LogP contribution in [0.15, 0.2) is 43.0 Å². The Balaban J connectivity index is 2.28. The second-order valence-electron chi connectivity index (χ2n) is 4.98. The van der Waals surface area contributed by atoms with Gasteiger partial charge < -0.3 is 0 Å². The van der Waals surface area contributed by atoms with Gasteiger partial charge in [0.25, 0.3) is 0 Å². The summed E-state index contributed by atoms with van der Waals surface area (Å²) in [5.74, 6) is 0.917. The quantitative estimate of drug-likeness (QED) is 0.601. The number of allylic oxidation sites excluding steroid dienone is 1. The van der Waals surface area contributed by atoms with Gasteiger partial charge >= 0.3 is 0 Å². The molecule has 1 aromatic carbocycles. The van der Waals surface area contributed by atoms with Gasteiger partial charge in [-0.2, -0.15) is 0 Å². The molecule has 1 aliphatic carbocycles. The van der Waals surface area contributed by atoms with E-state index in [4.69, 9.17) is 0 Å². The second kappa shape index (κ2) is 4.86. The highest BCUT2D eigenvalue weighted by molar-refractivity contribution is 5.28. The first-order valence-corrected chi connectivity index (χ1v) is 6.50. The molecular weight excluding hydrogens is 192 g/mol. The summed E-state index contributed by atoms with van der Waals surface area (Å²) in [6.45, 7) is 6.21. The molecule has 0 spiro atoms. The first kappa shape index (κ1) is 11.4. The highest BCUT2D eigenvalue weighted by Gasteiger charge is 2.44. The summed E-state index contributed by atoms with van der Waals surface area (Å²) in [5.41, 5.74) is 1.97. The van der Waals surface area contributed by atoms with Crippen molar-refractivity contribution in [2.45, 2.75) is 44.4 Å². The fraction of sp³-hybridized carbons (Fsp3) is 0.500. The molecule has 1 saturated carbocycles. The Morgan fingerprint density at radius 2 is 2.00 bits per heavy atom. The summed E-state index contributed by atoms with van der Waals surface area (Å²) in [6, 6.07) is 11.1. The molecule has 1 aliphatic rings. The van der Waals surface area contributed by atoms with E-state index < -0.39 is 0 Å². The Bertz CT molecular complexity index is 334. The van der Waals surface area contributed by atoms with Crippen molar-refractivity contribution in [2.24, 2.45) is 5.92 Å². The SMILES string of the molecule is C=CCCC(CC)(c1ccccc1)C1CC1. The van der Waals surface area contributed by atoms with Gasteiger partial charge in [0, 0.05) is 0 Å². The Morgan fingerprint density at radius 3 is 2.50 bits per heavy atom. The van der Waals surface area contributed by atoms with Crippen LogP contribution in [0.1, 0.15) is 44.6 Å². The van der Waals surface area contributed by atoms with E-state index in [1.54, 1.807) is 5.56 Å². The normalized spacial score (nSPS) is 19.1. The van der Waals surface area contributed by atoms with Crippen molar-refractivity contribution in [3.63, 3.8) is 0 Å². The maximum atomic E-state index is 3.87. The third kappa shape index (κ3) is 2.07. The largest absolute Gasteiger partial charge is 0.103 e. The summed E-state index contributed by atoms with van der Waals surface area (Å²) < 4.78 is 0. The molecule has 0 amide bonds. The molecule has 0 aliphatic heterocycles. The van der Waals surface area contributed by atoms with Crippen LogP contribution in [0.3, 0.4) is 0 Å². The molecule has 0 heterocycles. The lowest BCUT2D eigenvalue weighted by Crippen LogP contribution is -2.27. The number of rotatable bonds is 6. The molecule has 2 rings (SSSR count). The van der Waals surface area contributed by atoms with E-state index >= 15 is 0 Å². The molecule has 16 heavy (non-hydrogen) atoms. The molecule has 1 fully saturated rings. The minimum atomic E-state index is 0.426. The van der Waals surface area contributed by atoms with Crippen LogP contribution in [-0.4, -0.2) is 0 Å². The first-order valence-electron chi connectivity index (χ1n) is 6.50. The molecule has 86 valence electrons. The van der Waals surface area contributed by atoms with Crippen molar-refractivity contribution >= 4 is 0 Å². The van der Waals surface area contributed by atoms with Crippen LogP contribution in [0.5, 0.6) is 0 Å². The molecule has 0 radical (unpaired) electrons. The van der Waals surface area contributed by atoms with Crippen molar-refractivity contribution in [3.8, 4) is 0 Å². The van der Waals surface area contributed by atoms with Crippen LogP contribution in [0.4, 0.5) is 0 Å².